The summed E-state index contributed by atoms with van der Waals surface area (Å²) in [6.45, 7) is 1.95. The van der Waals surface area contributed by atoms with Crippen molar-refractivity contribution in [2.75, 3.05) is 4.72 Å². The lowest BCUT2D eigenvalue weighted by molar-refractivity contribution is 0.0697. The zero-order valence-electron chi connectivity index (χ0n) is 10.3. The maximum Gasteiger partial charge on any atom is 0.335 e. The third-order valence-corrected chi connectivity index (χ3v) is 3.67. The molecule has 1 atom stereocenters. The van der Waals surface area contributed by atoms with Crippen molar-refractivity contribution in [2.45, 2.75) is 11.8 Å². The van der Waals surface area contributed by atoms with Gasteiger partial charge in [-0.15, -0.1) is 0 Å². The van der Waals surface area contributed by atoms with Crippen LogP contribution in [0.3, 0.4) is 0 Å². The smallest absolute Gasteiger partial charge is 0.335 e. The summed E-state index contributed by atoms with van der Waals surface area (Å²) in [6, 6.07) is 13.5. The van der Waals surface area contributed by atoms with Crippen molar-refractivity contribution in [1.82, 2.24) is 0 Å². The van der Waals surface area contributed by atoms with Crippen LogP contribution in [0.25, 0.3) is 0 Å². The number of rotatable bonds is 4. The van der Waals surface area contributed by atoms with Crippen LogP contribution in [0.15, 0.2) is 53.4 Å². The molecule has 0 aliphatic heterocycles. The Kier molecular flexibility index (Phi) is 4.09. The summed E-state index contributed by atoms with van der Waals surface area (Å²) in [7, 11) is 0. The van der Waals surface area contributed by atoms with Crippen LogP contribution in [-0.2, 0) is 11.4 Å². The summed E-state index contributed by atoms with van der Waals surface area (Å²) >= 11 is -1.41. The second kappa shape index (κ2) is 5.77. The summed E-state index contributed by atoms with van der Waals surface area (Å²) in [4.78, 5) is 11.3. The topological polar surface area (TPSA) is 72.4 Å². The zero-order chi connectivity index (χ0) is 13.8. The molecule has 0 bridgehead atoms. The predicted octanol–water partition coefficient (Wildman–Crippen LogP) is 2.83. The van der Waals surface area contributed by atoms with Crippen molar-refractivity contribution in [3.8, 4) is 0 Å². The van der Waals surface area contributed by atoms with E-state index in [-0.39, 0.29) is 5.56 Å². The van der Waals surface area contributed by atoms with Gasteiger partial charge in [-0.25, -0.2) is 9.52 Å². The number of carboxylic acid groups (broad SMARTS) is 1. The summed E-state index contributed by atoms with van der Waals surface area (Å²) < 4.78 is 14.9. The van der Waals surface area contributed by atoms with E-state index in [1.54, 1.807) is 12.1 Å². The molecule has 2 rings (SSSR count). The monoisotopic (exact) mass is 275 g/mol. The van der Waals surface area contributed by atoms with Crippen molar-refractivity contribution in [1.29, 1.82) is 0 Å². The van der Waals surface area contributed by atoms with Gasteiger partial charge in [0.05, 0.1) is 11.3 Å². The van der Waals surface area contributed by atoms with Gasteiger partial charge in [0.15, 0.2) is 4.90 Å². The molecule has 0 saturated carbocycles. The number of aryl methyl sites for hydroxylation is 1. The number of benzene rings is 2. The first-order valence-electron chi connectivity index (χ1n) is 5.65. The number of hydrogen-bond acceptors (Lipinski definition) is 3. The van der Waals surface area contributed by atoms with Gasteiger partial charge in [-0.3, -0.25) is 0 Å². The highest BCUT2D eigenvalue weighted by Crippen LogP contribution is 2.17. The van der Waals surface area contributed by atoms with Gasteiger partial charge in [-0.2, -0.15) is 0 Å². The van der Waals surface area contributed by atoms with Crippen LogP contribution in [0.5, 0.6) is 0 Å². The fourth-order valence-electron chi connectivity index (χ4n) is 1.60. The molecule has 19 heavy (non-hydrogen) atoms. The van der Waals surface area contributed by atoms with E-state index in [1.165, 1.54) is 12.1 Å². The van der Waals surface area contributed by atoms with Gasteiger partial charge in [0, 0.05) is 0 Å². The predicted molar refractivity (Wildman–Crippen MR) is 74.6 cm³/mol. The summed E-state index contributed by atoms with van der Waals surface area (Å²) in [6.07, 6.45) is 0. The van der Waals surface area contributed by atoms with Crippen LogP contribution in [0.1, 0.15) is 15.9 Å². The Hall–Kier alpha value is -1.98. The van der Waals surface area contributed by atoms with Crippen LogP contribution in [0.4, 0.5) is 5.69 Å². The SMILES string of the molecule is Cc1cccc(N[S+]([O-])c2ccc(C(=O)O)cc2)c1. The number of carbonyl (C=O) groups is 1. The van der Waals surface area contributed by atoms with Crippen molar-refractivity contribution < 1.29 is 14.5 Å². The molecule has 2 N–H and O–H groups in total. The van der Waals surface area contributed by atoms with E-state index in [0.717, 1.165) is 11.3 Å². The summed E-state index contributed by atoms with van der Waals surface area (Å²) in [5, 5.41) is 8.79. The number of anilines is 1. The molecule has 0 aliphatic carbocycles. The fourth-order valence-corrected chi connectivity index (χ4v) is 2.44. The van der Waals surface area contributed by atoms with Crippen molar-refractivity contribution in [3.05, 3.63) is 59.7 Å². The Morgan fingerprint density at radius 3 is 2.47 bits per heavy atom. The molecule has 0 fully saturated rings. The molecule has 1 unspecified atom stereocenters. The number of hydrogen-bond donors (Lipinski definition) is 2. The fraction of sp³-hybridized carbons (Fsp3) is 0.0714. The third-order valence-electron chi connectivity index (χ3n) is 2.54. The van der Waals surface area contributed by atoms with E-state index in [9.17, 15) is 9.35 Å². The second-order valence-corrected chi connectivity index (χ2v) is 5.28. The standard InChI is InChI=1S/C14H13NO3S/c1-10-3-2-4-12(9-10)15-19(18)13-7-5-11(6-8-13)14(16)17/h2-9,15H,1H3,(H,16,17). The lowest BCUT2D eigenvalue weighted by Gasteiger charge is -2.11. The second-order valence-electron chi connectivity index (χ2n) is 4.07. The molecule has 0 saturated heterocycles. The molecule has 0 amide bonds. The molecule has 0 heterocycles. The van der Waals surface area contributed by atoms with Crippen LogP contribution >= 0.6 is 0 Å². The molecule has 2 aromatic carbocycles. The molecular weight excluding hydrogens is 262 g/mol. The lowest BCUT2D eigenvalue weighted by atomic mass is 10.2. The maximum absolute atomic E-state index is 12.1. The van der Waals surface area contributed by atoms with Gasteiger partial charge in [-0.05, 0) is 48.9 Å². The first-order valence-corrected chi connectivity index (χ1v) is 6.80. The summed E-state index contributed by atoms with van der Waals surface area (Å²) in [5.74, 6) is -0.996. The first-order chi connectivity index (χ1) is 9.06. The van der Waals surface area contributed by atoms with Gasteiger partial charge in [0.25, 0.3) is 0 Å². The quantitative estimate of drug-likeness (QED) is 0.842. The van der Waals surface area contributed by atoms with Crippen LogP contribution in [-0.4, -0.2) is 15.6 Å². The Morgan fingerprint density at radius 2 is 1.89 bits per heavy atom. The highest BCUT2D eigenvalue weighted by Gasteiger charge is 2.12. The molecule has 0 radical (unpaired) electrons. The van der Waals surface area contributed by atoms with Crippen LogP contribution in [0.2, 0.25) is 0 Å². The number of nitrogens with one attached hydrogen (secondary N) is 1. The van der Waals surface area contributed by atoms with Gasteiger partial charge < -0.3 is 9.66 Å². The average molecular weight is 275 g/mol. The largest absolute Gasteiger partial charge is 0.588 e. The Labute approximate surface area is 114 Å². The first kappa shape index (κ1) is 13.5. The van der Waals surface area contributed by atoms with Gasteiger partial charge in [-0.1, -0.05) is 12.1 Å². The van der Waals surface area contributed by atoms with Crippen molar-refractivity contribution >= 4 is 23.0 Å². The van der Waals surface area contributed by atoms with Crippen molar-refractivity contribution in [2.24, 2.45) is 0 Å². The number of aromatic carboxylic acids is 1. The molecule has 0 aromatic heterocycles. The van der Waals surface area contributed by atoms with E-state index in [4.69, 9.17) is 5.11 Å². The molecule has 4 nitrogen and oxygen atoms in total. The summed E-state index contributed by atoms with van der Waals surface area (Å²) in [5.41, 5.74) is 2.01. The maximum atomic E-state index is 12.1. The average Bonchev–Trinajstić information content (AvgIpc) is 2.39. The van der Waals surface area contributed by atoms with E-state index in [0.29, 0.717) is 4.90 Å². The minimum absolute atomic E-state index is 0.177. The molecule has 0 spiro atoms. The molecule has 0 aliphatic rings. The Balaban J connectivity index is 2.11. The van der Waals surface area contributed by atoms with Crippen LogP contribution < -0.4 is 4.72 Å². The Bertz CT molecular complexity index is 583. The number of carboxylic acids is 1. The van der Waals surface area contributed by atoms with E-state index >= 15 is 0 Å². The molecule has 2 aromatic rings. The minimum atomic E-state index is -1.41. The minimum Gasteiger partial charge on any atom is -0.588 e. The zero-order valence-corrected chi connectivity index (χ0v) is 11.1. The van der Waals surface area contributed by atoms with E-state index in [2.05, 4.69) is 4.72 Å². The Morgan fingerprint density at radius 1 is 1.21 bits per heavy atom. The highest BCUT2D eigenvalue weighted by molar-refractivity contribution is 7.92. The van der Waals surface area contributed by atoms with Crippen LogP contribution in [0, 0.1) is 6.92 Å². The third kappa shape index (κ3) is 3.49. The van der Waals surface area contributed by atoms with E-state index < -0.39 is 17.3 Å². The molecular formula is C14H13NO3S. The van der Waals surface area contributed by atoms with Gasteiger partial charge >= 0.3 is 5.97 Å². The van der Waals surface area contributed by atoms with Crippen molar-refractivity contribution in [3.63, 3.8) is 0 Å². The lowest BCUT2D eigenvalue weighted by Crippen LogP contribution is -2.13. The van der Waals surface area contributed by atoms with E-state index in [1.807, 2.05) is 31.2 Å². The normalized spacial score (nSPS) is 11.9. The van der Waals surface area contributed by atoms with Gasteiger partial charge in [0.1, 0.15) is 11.4 Å². The molecule has 98 valence electrons. The van der Waals surface area contributed by atoms with Gasteiger partial charge in [0.2, 0.25) is 0 Å². The molecule has 5 heteroatoms. The highest BCUT2D eigenvalue weighted by atomic mass is 32.2.